The summed E-state index contributed by atoms with van der Waals surface area (Å²) in [6.45, 7) is 10.1. The van der Waals surface area contributed by atoms with E-state index in [1.807, 2.05) is 6.92 Å². The molecule has 0 bridgehead atoms. The average molecular weight is 386 g/mol. The average Bonchev–Trinajstić information content (AvgIpc) is 2.99. The third-order valence-corrected chi connectivity index (χ3v) is 5.63. The summed E-state index contributed by atoms with van der Waals surface area (Å²) in [5.41, 5.74) is 1.35. The van der Waals surface area contributed by atoms with Crippen molar-refractivity contribution in [2.45, 2.75) is 46.6 Å². The largest absolute Gasteiger partial charge is 0.478 e. The molecule has 2 aliphatic heterocycles. The Morgan fingerprint density at radius 1 is 1.29 bits per heavy atom. The maximum Gasteiger partial charge on any atom is 0.274 e. The third-order valence-electron chi connectivity index (χ3n) is 5.63. The lowest BCUT2D eigenvalue weighted by molar-refractivity contribution is -0.122. The zero-order valence-electron chi connectivity index (χ0n) is 17.1. The van der Waals surface area contributed by atoms with Crippen LogP contribution in [0.25, 0.3) is 0 Å². The number of carbonyl (C=O) groups excluding carboxylic acids is 2. The molecule has 2 amide bonds. The van der Waals surface area contributed by atoms with Crippen molar-refractivity contribution in [1.29, 1.82) is 0 Å². The number of carbonyl (C=O) groups is 2. The van der Waals surface area contributed by atoms with E-state index in [4.69, 9.17) is 4.74 Å². The highest BCUT2D eigenvalue weighted by Crippen LogP contribution is 2.31. The molecule has 1 aromatic carbocycles. The van der Waals surface area contributed by atoms with E-state index < -0.39 is 6.04 Å². The number of anilines is 2. The zero-order chi connectivity index (χ0) is 20.3. The highest BCUT2D eigenvalue weighted by molar-refractivity contribution is 6.16. The lowest BCUT2D eigenvalue weighted by Gasteiger charge is -2.39. The van der Waals surface area contributed by atoms with Gasteiger partial charge in [-0.2, -0.15) is 5.01 Å². The standard InChI is InChI=1S/C21H30N4O3/c1-5-16-13-24(12-11-14(16)3)19-20(28-6-2)23-25(21(19)27)18-9-7-17(8-10-18)22-15(4)26/h7-10,14,16,19H,5-6,11-13H2,1-4H3,(H,22,26). The van der Waals surface area contributed by atoms with Crippen LogP contribution in [-0.4, -0.2) is 48.4 Å². The molecule has 3 unspecified atom stereocenters. The van der Waals surface area contributed by atoms with Gasteiger partial charge in [0.1, 0.15) is 0 Å². The van der Waals surface area contributed by atoms with E-state index in [-0.39, 0.29) is 11.8 Å². The van der Waals surface area contributed by atoms with Gasteiger partial charge in [-0.1, -0.05) is 20.3 Å². The lowest BCUT2D eigenvalue weighted by Crippen LogP contribution is -2.52. The summed E-state index contributed by atoms with van der Waals surface area (Å²) in [7, 11) is 0. The Morgan fingerprint density at radius 3 is 2.61 bits per heavy atom. The Hall–Kier alpha value is -2.41. The number of hydrogen-bond donors (Lipinski definition) is 1. The molecule has 7 heteroatoms. The van der Waals surface area contributed by atoms with Crippen molar-refractivity contribution in [3.05, 3.63) is 24.3 Å². The molecular weight excluding hydrogens is 356 g/mol. The molecule has 1 N–H and O–H groups in total. The monoisotopic (exact) mass is 386 g/mol. The summed E-state index contributed by atoms with van der Waals surface area (Å²) in [5.74, 6) is 1.51. The first-order valence-corrected chi connectivity index (χ1v) is 10.1. The smallest absolute Gasteiger partial charge is 0.274 e. The Bertz CT molecular complexity index is 747. The van der Waals surface area contributed by atoms with Gasteiger partial charge in [0.15, 0.2) is 6.04 Å². The lowest BCUT2D eigenvalue weighted by atomic mass is 9.84. The quantitative estimate of drug-likeness (QED) is 0.844. The zero-order valence-corrected chi connectivity index (χ0v) is 17.1. The van der Waals surface area contributed by atoms with Gasteiger partial charge >= 0.3 is 0 Å². The van der Waals surface area contributed by atoms with Gasteiger partial charge in [0, 0.05) is 19.2 Å². The number of ether oxygens (including phenoxy) is 1. The van der Waals surface area contributed by atoms with Gasteiger partial charge in [0.05, 0.1) is 12.3 Å². The summed E-state index contributed by atoms with van der Waals surface area (Å²) in [5, 5.41) is 8.65. The first kappa shape index (κ1) is 20.3. The number of hydrazone groups is 1. The number of nitrogens with one attached hydrogen (secondary N) is 1. The molecule has 1 aromatic rings. The topological polar surface area (TPSA) is 74.2 Å². The molecule has 7 nitrogen and oxygen atoms in total. The van der Waals surface area contributed by atoms with Crippen LogP contribution in [0.3, 0.4) is 0 Å². The van der Waals surface area contributed by atoms with Crippen molar-refractivity contribution in [2.75, 3.05) is 30.0 Å². The molecule has 0 saturated carbocycles. The van der Waals surface area contributed by atoms with Gasteiger partial charge in [-0.05, 0) is 56.0 Å². The van der Waals surface area contributed by atoms with Crippen LogP contribution in [0.5, 0.6) is 0 Å². The highest BCUT2D eigenvalue weighted by Gasteiger charge is 2.44. The van der Waals surface area contributed by atoms with Crippen LogP contribution in [-0.2, 0) is 14.3 Å². The van der Waals surface area contributed by atoms with Crippen molar-refractivity contribution < 1.29 is 14.3 Å². The third kappa shape index (κ3) is 4.19. The molecule has 1 fully saturated rings. The van der Waals surface area contributed by atoms with Gasteiger partial charge in [0.2, 0.25) is 11.8 Å². The fraction of sp³-hybridized carbons (Fsp3) is 0.571. The van der Waals surface area contributed by atoms with Crippen molar-refractivity contribution in [2.24, 2.45) is 16.9 Å². The van der Waals surface area contributed by atoms with Crippen LogP contribution in [0.1, 0.15) is 40.5 Å². The van der Waals surface area contributed by atoms with E-state index in [0.717, 1.165) is 25.9 Å². The number of amides is 2. The Kier molecular flexibility index (Phi) is 6.34. The van der Waals surface area contributed by atoms with Crippen LogP contribution in [0.15, 0.2) is 29.4 Å². The fourth-order valence-corrected chi connectivity index (χ4v) is 4.01. The van der Waals surface area contributed by atoms with E-state index in [1.165, 1.54) is 11.9 Å². The SMILES string of the molecule is CCOC1=NN(c2ccc(NC(C)=O)cc2)C(=O)C1N1CCC(C)C(CC)C1. The number of piperidine rings is 1. The summed E-state index contributed by atoms with van der Waals surface area (Å²) in [4.78, 5) is 26.7. The van der Waals surface area contributed by atoms with Crippen LogP contribution >= 0.6 is 0 Å². The van der Waals surface area contributed by atoms with E-state index in [0.29, 0.717) is 35.7 Å². The minimum Gasteiger partial charge on any atom is -0.478 e. The second-order valence-corrected chi connectivity index (χ2v) is 7.58. The Morgan fingerprint density at radius 2 is 2.00 bits per heavy atom. The minimum atomic E-state index is -0.462. The highest BCUT2D eigenvalue weighted by atomic mass is 16.5. The van der Waals surface area contributed by atoms with Gasteiger partial charge < -0.3 is 10.1 Å². The first-order chi connectivity index (χ1) is 13.4. The normalized spacial score (nSPS) is 25.6. The number of likely N-dealkylation sites (tertiary alicyclic amines) is 1. The summed E-state index contributed by atoms with van der Waals surface area (Å²) in [6.07, 6.45) is 2.18. The molecule has 0 radical (unpaired) electrons. The Labute approximate surface area is 166 Å². The molecular formula is C21H30N4O3. The van der Waals surface area contributed by atoms with E-state index in [1.54, 1.807) is 24.3 Å². The first-order valence-electron chi connectivity index (χ1n) is 10.1. The van der Waals surface area contributed by atoms with Gasteiger partial charge in [0.25, 0.3) is 5.91 Å². The van der Waals surface area contributed by atoms with Gasteiger partial charge in [-0.25, -0.2) is 0 Å². The molecule has 2 aliphatic rings. The molecule has 3 atom stereocenters. The maximum absolute atomic E-state index is 13.2. The number of rotatable bonds is 5. The summed E-state index contributed by atoms with van der Waals surface area (Å²) < 4.78 is 5.75. The number of nitrogens with zero attached hydrogens (tertiary/aromatic N) is 3. The van der Waals surface area contributed by atoms with E-state index in [9.17, 15) is 9.59 Å². The van der Waals surface area contributed by atoms with Crippen molar-refractivity contribution in [1.82, 2.24) is 4.90 Å². The van der Waals surface area contributed by atoms with Crippen LogP contribution in [0, 0.1) is 11.8 Å². The van der Waals surface area contributed by atoms with Gasteiger partial charge in [-0.15, -0.1) is 5.10 Å². The second-order valence-electron chi connectivity index (χ2n) is 7.58. The Balaban J connectivity index is 1.81. The molecule has 1 saturated heterocycles. The van der Waals surface area contributed by atoms with E-state index in [2.05, 4.69) is 29.2 Å². The predicted molar refractivity (Wildman–Crippen MR) is 110 cm³/mol. The molecule has 0 aliphatic carbocycles. The molecule has 2 heterocycles. The van der Waals surface area contributed by atoms with Crippen molar-refractivity contribution in [3.8, 4) is 0 Å². The predicted octanol–water partition coefficient (Wildman–Crippen LogP) is 3.08. The molecule has 3 rings (SSSR count). The van der Waals surface area contributed by atoms with Crippen molar-refractivity contribution >= 4 is 29.1 Å². The van der Waals surface area contributed by atoms with Gasteiger partial charge in [-0.3, -0.25) is 14.5 Å². The summed E-state index contributed by atoms with van der Waals surface area (Å²) >= 11 is 0. The summed E-state index contributed by atoms with van der Waals surface area (Å²) in [6, 6.07) is 6.64. The number of benzene rings is 1. The fourth-order valence-electron chi connectivity index (χ4n) is 4.01. The maximum atomic E-state index is 13.2. The van der Waals surface area contributed by atoms with Crippen LogP contribution < -0.4 is 10.3 Å². The second kappa shape index (κ2) is 8.73. The molecule has 0 aromatic heterocycles. The van der Waals surface area contributed by atoms with E-state index >= 15 is 0 Å². The van der Waals surface area contributed by atoms with Crippen molar-refractivity contribution in [3.63, 3.8) is 0 Å². The van der Waals surface area contributed by atoms with Crippen LogP contribution in [0.2, 0.25) is 0 Å². The molecule has 152 valence electrons. The molecule has 0 spiro atoms. The molecule has 28 heavy (non-hydrogen) atoms. The van der Waals surface area contributed by atoms with Crippen LogP contribution in [0.4, 0.5) is 11.4 Å². The number of hydrogen-bond acceptors (Lipinski definition) is 5. The minimum absolute atomic E-state index is 0.0832.